The standard InChI is InChI=1S/C20H20BrN3O2/c1-14(2)26-18-5-3-4-15(10-18)6-9-20(25)22-11-17-13-24-12-16(21)7-8-19(24)23-17/h3-10,12-14H,11H2,1-2H3,(H,22,25)/b9-6+. The summed E-state index contributed by atoms with van der Waals surface area (Å²) in [6.07, 6.45) is 7.23. The third-order valence-electron chi connectivity index (χ3n) is 3.57. The number of halogens is 1. The van der Waals surface area contributed by atoms with Gasteiger partial charge >= 0.3 is 0 Å². The minimum absolute atomic E-state index is 0.114. The minimum Gasteiger partial charge on any atom is -0.491 e. The Bertz CT molecular complexity index is 947. The van der Waals surface area contributed by atoms with E-state index in [0.717, 1.165) is 27.1 Å². The highest BCUT2D eigenvalue weighted by Gasteiger charge is 2.04. The summed E-state index contributed by atoms with van der Waals surface area (Å²) >= 11 is 3.43. The van der Waals surface area contributed by atoms with Crippen molar-refractivity contribution in [2.45, 2.75) is 26.5 Å². The Balaban J connectivity index is 1.58. The number of nitrogens with one attached hydrogen (secondary N) is 1. The predicted octanol–water partition coefficient (Wildman–Crippen LogP) is 4.21. The Kier molecular flexibility index (Phi) is 5.73. The number of imidazole rings is 1. The van der Waals surface area contributed by atoms with Crippen LogP contribution < -0.4 is 10.1 Å². The molecular formula is C20H20BrN3O2. The second-order valence-corrected chi connectivity index (χ2v) is 7.05. The Morgan fingerprint density at radius 3 is 2.96 bits per heavy atom. The quantitative estimate of drug-likeness (QED) is 0.615. The van der Waals surface area contributed by atoms with Crippen LogP contribution in [0, 0.1) is 0 Å². The van der Waals surface area contributed by atoms with Gasteiger partial charge in [-0.2, -0.15) is 0 Å². The van der Waals surface area contributed by atoms with Crippen LogP contribution >= 0.6 is 15.9 Å². The molecular weight excluding hydrogens is 394 g/mol. The number of carbonyl (C=O) groups is 1. The number of fused-ring (bicyclic) bond motifs is 1. The molecule has 0 unspecified atom stereocenters. The van der Waals surface area contributed by atoms with Crippen molar-refractivity contribution in [2.24, 2.45) is 0 Å². The molecule has 0 atom stereocenters. The van der Waals surface area contributed by atoms with E-state index in [1.165, 1.54) is 6.08 Å². The van der Waals surface area contributed by atoms with E-state index < -0.39 is 0 Å². The molecule has 5 nitrogen and oxygen atoms in total. The number of amides is 1. The Labute approximate surface area is 160 Å². The Hall–Kier alpha value is -2.60. The van der Waals surface area contributed by atoms with Gasteiger partial charge in [-0.1, -0.05) is 12.1 Å². The summed E-state index contributed by atoms with van der Waals surface area (Å²) in [7, 11) is 0. The molecule has 0 aliphatic rings. The first-order valence-corrected chi connectivity index (χ1v) is 9.15. The topological polar surface area (TPSA) is 55.6 Å². The van der Waals surface area contributed by atoms with Crippen molar-refractivity contribution in [3.8, 4) is 5.75 Å². The largest absolute Gasteiger partial charge is 0.491 e. The van der Waals surface area contributed by atoms with E-state index >= 15 is 0 Å². The lowest BCUT2D eigenvalue weighted by atomic mass is 10.2. The highest BCUT2D eigenvalue weighted by molar-refractivity contribution is 9.10. The molecule has 6 heteroatoms. The van der Waals surface area contributed by atoms with Gasteiger partial charge in [0.15, 0.2) is 0 Å². The van der Waals surface area contributed by atoms with E-state index in [9.17, 15) is 4.79 Å². The average Bonchev–Trinajstić information content (AvgIpc) is 3.00. The van der Waals surface area contributed by atoms with E-state index in [1.54, 1.807) is 6.08 Å². The Morgan fingerprint density at radius 2 is 2.15 bits per heavy atom. The Morgan fingerprint density at radius 1 is 1.31 bits per heavy atom. The summed E-state index contributed by atoms with van der Waals surface area (Å²) in [5.74, 6) is 0.622. The number of hydrogen-bond acceptors (Lipinski definition) is 3. The summed E-state index contributed by atoms with van der Waals surface area (Å²) in [5.41, 5.74) is 2.56. The van der Waals surface area contributed by atoms with Gasteiger partial charge in [0.05, 0.1) is 18.3 Å². The van der Waals surface area contributed by atoms with E-state index in [4.69, 9.17) is 4.74 Å². The predicted molar refractivity (Wildman–Crippen MR) is 106 cm³/mol. The second kappa shape index (κ2) is 8.19. The molecule has 134 valence electrons. The summed E-state index contributed by atoms with van der Waals surface area (Å²) < 4.78 is 8.55. The first kappa shape index (κ1) is 18.2. The van der Waals surface area contributed by atoms with Crippen molar-refractivity contribution in [1.82, 2.24) is 14.7 Å². The lowest BCUT2D eigenvalue weighted by Crippen LogP contribution is -2.20. The molecule has 2 aromatic heterocycles. The second-order valence-electron chi connectivity index (χ2n) is 6.14. The number of rotatable bonds is 6. The molecule has 1 N–H and O–H groups in total. The summed E-state index contributed by atoms with van der Waals surface area (Å²) in [4.78, 5) is 16.5. The van der Waals surface area contributed by atoms with Crippen LogP contribution in [0.15, 0.2) is 59.3 Å². The molecule has 0 aliphatic carbocycles. The third kappa shape index (κ3) is 4.95. The lowest BCUT2D eigenvalue weighted by Gasteiger charge is -2.09. The van der Waals surface area contributed by atoms with E-state index in [-0.39, 0.29) is 12.0 Å². The molecule has 0 saturated carbocycles. The van der Waals surface area contributed by atoms with Crippen LogP contribution in [0.1, 0.15) is 25.1 Å². The van der Waals surface area contributed by atoms with E-state index in [0.29, 0.717) is 6.54 Å². The first-order valence-electron chi connectivity index (χ1n) is 8.35. The lowest BCUT2D eigenvalue weighted by molar-refractivity contribution is -0.116. The molecule has 2 heterocycles. The van der Waals surface area contributed by atoms with Gasteiger partial charge < -0.3 is 14.5 Å². The van der Waals surface area contributed by atoms with Crippen LogP contribution in [0.5, 0.6) is 5.75 Å². The number of ether oxygens (including phenoxy) is 1. The molecule has 0 radical (unpaired) electrons. The fourth-order valence-electron chi connectivity index (χ4n) is 2.47. The minimum atomic E-state index is -0.168. The van der Waals surface area contributed by atoms with Crippen LogP contribution in [0.2, 0.25) is 0 Å². The monoisotopic (exact) mass is 413 g/mol. The number of pyridine rings is 1. The molecule has 1 amide bonds. The molecule has 0 spiro atoms. The van der Waals surface area contributed by atoms with Gasteiger partial charge in [-0.3, -0.25) is 4.79 Å². The zero-order chi connectivity index (χ0) is 18.5. The summed E-state index contributed by atoms with van der Waals surface area (Å²) in [5, 5.41) is 2.85. The van der Waals surface area contributed by atoms with Crippen molar-refractivity contribution in [3.63, 3.8) is 0 Å². The van der Waals surface area contributed by atoms with Gasteiger partial charge in [0.25, 0.3) is 0 Å². The van der Waals surface area contributed by atoms with E-state index in [1.807, 2.05) is 67.0 Å². The molecule has 1 aromatic carbocycles. The highest BCUT2D eigenvalue weighted by atomic mass is 79.9. The maximum Gasteiger partial charge on any atom is 0.244 e. The molecule has 0 bridgehead atoms. The summed E-state index contributed by atoms with van der Waals surface area (Å²) in [6.45, 7) is 4.33. The maximum absolute atomic E-state index is 12.1. The van der Waals surface area contributed by atoms with Crippen molar-refractivity contribution >= 4 is 33.6 Å². The molecule has 3 aromatic rings. The van der Waals surface area contributed by atoms with E-state index in [2.05, 4.69) is 26.2 Å². The van der Waals surface area contributed by atoms with Crippen molar-refractivity contribution < 1.29 is 9.53 Å². The van der Waals surface area contributed by atoms with Gasteiger partial charge in [-0.25, -0.2) is 4.98 Å². The van der Waals surface area contributed by atoms with Gasteiger partial charge in [0.1, 0.15) is 11.4 Å². The first-order chi connectivity index (χ1) is 12.5. The third-order valence-corrected chi connectivity index (χ3v) is 4.03. The van der Waals surface area contributed by atoms with Crippen LogP contribution in [-0.2, 0) is 11.3 Å². The van der Waals surface area contributed by atoms with Crippen molar-refractivity contribution in [1.29, 1.82) is 0 Å². The van der Waals surface area contributed by atoms with Crippen LogP contribution in [0.4, 0.5) is 0 Å². The van der Waals surface area contributed by atoms with Crippen molar-refractivity contribution in [3.05, 3.63) is 70.6 Å². The maximum atomic E-state index is 12.1. The molecule has 0 saturated heterocycles. The molecule has 0 aliphatic heterocycles. The average molecular weight is 414 g/mol. The summed E-state index contributed by atoms with van der Waals surface area (Å²) in [6, 6.07) is 11.5. The van der Waals surface area contributed by atoms with Crippen LogP contribution in [-0.4, -0.2) is 21.4 Å². The van der Waals surface area contributed by atoms with Gasteiger partial charge in [-0.05, 0) is 65.7 Å². The van der Waals surface area contributed by atoms with Crippen molar-refractivity contribution in [2.75, 3.05) is 0 Å². The molecule has 26 heavy (non-hydrogen) atoms. The number of benzene rings is 1. The van der Waals surface area contributed by atoms with Gasteiger partial charge in [0, 0.05) is 22.9 Å². The zero-order valence-corrected chi connectivity index (χ0v) is 16.2. The number of hydrogen-bond donors (Lipinski definition) is 1. The smallest absolute Gasteiger partial charge is 0.244 e. The normalized spacial score (nSPS) is 11.4. The SMILES string of the molecule is CC(C)Oc1cccc(/C=C/C(=O)NCc2cn3cc(Br)ccc3n2)c1. The molecule has 3 rings (SSSR count). The zero-order valence-electron chi connectivity index (χ0n) is 14.6. The van der Waals surface area contributed by atoms with Crippen LogP contribution in [0.25, 0.3) is 11.7 Å². The van der Waals surface area contributed by atoms with Gasteiger partial charge in [0.2, 0.25) is 5.91 Å². The number of nitrogens with zero attached hydrogens (tertiary/aromatic N) is 2. The number of carbonyl (C=O) groups excluding carboxylic acids is 1. The molecule has 0 fully saturated rings. The highest BCUT2D eigenvalue weighted by Crippen LogP contribution is 2.16. The van der Waals surface area contributed by atoms with Gasteiger partial charge in [-0.15, -0.1) is 0 Å². The van der Waals surface area contributed by atoms with Crippen LogP contribution in [0.3, 0.4) is 0 Å². The fourth-order valence-corrected chi connectivity index (χ4v) is 2.83. The number of aromatic nitrogens is 2. The fraction of sp³-hybridized carbons (Fsp3) is 0.200.